The van der Waals surface area contributed by atoms with Gasteiger partial charge in [-0.3, -0.25) is 10.3 Å². The van der Waals surface area contributed by atoms with E-state index in [0.717, 1.165) is 0 Å². The highest BCUT2D eigenvalue weighted by Crippen LogP contribution is 2.32. The molecule has 0 spiro atoms. The van der Waals surface area contributed by atoms with E-state index in [-0.39, 0.29) is 6.61 Å². The molecule has 15 heavy (non-hydrogen) atoms. The van der Waals surface area contributed by atoms with E-state index in [1.54, 1.807) is 29.3 Å². The van der Waals surface area contributed by atoms with Crippen molar-refractivity contribution in [3.8, 4) is 11.8 Å². The average molecular weight is 199 g/mol. The second-order valence-electron chi connectivity index (χ2n) is 3.08. The Labute approximate surface area is 87.5 Å². The van der Waals surface area contributed by atoms with E-state index < -0.39 is 0 Å². The first kappa shape index (κ1) is 9.28. The van der Waals surface area contributed by atoms with Crippen LogP contribution in [0.15, 0.2) is 31.0 Å². The van der Waals surface area contributed by atoms with Gasteiger partial charge in [0.25, 0.3) is 0 Å². The van der Waals surface area contributed by atoms with Crippen molar-refractivity contribution in [2.45, 2.75) is 0 Å². The Hall–Kier alpha value is -2.28. The van der Waals surface area contributed by atoms with Gasteiger partial charge in [0.15, 0.2) is 0 Å². The van der Waals surface area contributed by atoms with Gasteiger partial charge in [-0.2, -0.15) is 5.26 Å². The minimum Gasteiger partial charge on any atom is -0.483 e. The van der Waals surface area contributed by atoms with E-state index in [1.807, 2.05) is 6.07 Å². The Morgan fingerprint density at radius 3 is 3.07 bits per heavy atom. The van der Waals surface area contributed by atoms with E-state index in [0.29, 0.717) is 22.8 Å². The summed E-state index contributed by atoms with van der Waals surface area (Å²) in [5.74, 6) is 0.984. The summed E-state index contributed by atoms with van der Waals surface area (Å²) < 4.78 is 5.34. The number of nitrogens with one attached hydrogen (secondary N) is 1. The van der Waals surface area contributed by atoms with Crippen molar-refractivity contribution in [2.75, 3.05) is 11.5 Å². The minimum absolute atomic E-state index is 0.227. The molecular formula is C11H9N3O. The Balaban J connectivity index is 2.55. The first-order chi connectivity index (χ1) is 7.26. The SMILES string of the molecule is C=CN1C(=N)COc2ccc(C#N)cc21. The summed E-state index contributed by atoms with van der Waals surface area (Å²) in [6, 6.07) is 7.16. The number of nitriles is 1. The molecule has 0 saturated carbocycles. The summed E-state index contributed by atoms with van der Waals surface area (Å²) in [5, 5.41) is 16.4. The van der Waals surface area contributed by atoms with Gasteiger partial charge in [0.05, 0.1) is 17.3 Å². The van der Waals surface area contributed by atoms with Crippen LogP contribution >= 0.6 is 0 Å². The van der Waals surface area contributed by atoms with E-state index in [4.69, 9.17) is 15.4 Å². The fraction of sp³-hybridized carbons (Fsp3) is 0.0909. The van der Waals surface area contributed by atoms with Crippen molar-refractivity contribution < 1.29 is 4.74 Å². The molecule has 0 unspecified atom stereocenters. The number of rotatable bonds is 1. The summed E-state index contributed by atoms with van der Waals surface area (Å²) in [4.78, 5) is 1.61. The summed E-state index contributed by atoms with van der Waals surface area (Å²) in [5.41, 5.74) is 1.24. The standard InChI is InChI=1S/C11H9N3O/c1-2-14-9-5-8(6-12)3-4-10(9)15-7-11(14)13/h2-5,13H,1,7H2. The smallest absolute Gasteiger partial charge is 0.146 e. The lowest BCUT2D eigenvalue weighted by atomic mass is 10.1. The second kappa shape index (κ2) is 3.46. The number of nitrogens with zero attached hydrogens (tertiary/aromatic N) is 2. The molecule has 1 aromatic rings. The summed E-state index contributed by atoms with van der Waals surface area (Å²) in [7, 11) is 0. The van der Waals surface area contributed by atoms with Crippen LogP contribution in [0.2, 0.25) is 0 Å². The maximum atomic E-state index is 8.78. The number of hydrogen-bond donors (Lipinski definition) is 1. The first-order valence-corrected chi connectivity index (χ1v) is 4.42. The van der Waals surface area contributed by atoms with E-state index >= 15 is 0 Å². The molecule has 0 bridgehead atoms. The molecule has 1 N–H and O–H groups in total. The maximum absolute atomic E-state index is 8.78. The van der Waals surface area contributed by atoms with Crippen LogP contribution in [0.3, 0.4) is 0 Å². The van der Waals surface area contributed by atoms with Crippen LogP contribution in [0.4, 0.5) is 5.69 Å². The van der Waals surface area contributed by atoms with Crippen molar-refractivity contribution in [1.82, 2.24) is 0 Å². The van der Waals surface area contributed by atoms with Gasteiger partial charge in [-0.1, -0.05) is 6.58 Å². The van der Waals surface area contributed by atoms with Gasteiger partial charge in [-0.05, 0) is 18.2 Å². The molecule has 2 rings (SSSR count). The van der Waals surface area contributed by atoms with Gasteiger partial charge < -0.3 is 4.74 Å². The summed E-state index contributed by atoms with van der Waals surface area (Å²) in [6.07, 6.45) is 1.55. The van der Waals surface area contributed by atoms with Gasteiger partial charge in [-0.15, -0.1) is 0 Å². The highest BCUT2D eigenvalue weighted by molar-refractivity contribution is 6.01. The minimum atomic E-state index is 0.227. The molecule has 1 aliphatic heterocycles. The zero-order valence-corrected chi connectivity index (χ0v) is 8.03. The average Bonchev–Trinajstić information content (AvgIpc) is 2.28. The van der Waals surface area contributed by atoms with Crippen molar-refractivity contribution >= 4 is 11.5 Å². The Morgan fingerprint density at radius 2 is 2.40 bits per heavy atom. The van der Waals surface area contributed by atoms with Crippen molar-refractivity contribution in [2.24, 2.45) is 0 Å². The van der Waals surface area contributed by atoms with Gasteiger partial charge >= 0.3 is 0 Å². The second-order valence-corrected chi connectivity index (χ2v) is 3.08. The molecule has 4 nitrogen and oxygen atoms in total. The topological polar surface area (TPSA) is 60.1 Å². The van der Waals surface area contributed by atoms with Crippen molar-refractivity contribution in [3.05, 3.63) is 36.5 Å². The van der Waals surface area contributed by atoms with Crippen LogP contribution in [-0.2, 0) is 0 Å². The highest BCUT2D eigenvalue weighted by atomic mass is 16.5. The number of hydrogen-bond acceptors (Lipinski definition) is 3. The molecule has 4 heteroatoms. The first-order valence-electron chi connectivity index (χ1n) is 4.42. The van der Waals surface area contributed by atoms with E-state index in [1.165, 1.54) is 0 Å². The Bertz CT molecular complexity index is 473. The fourth-order valence-electron chi connectivity index (χ4n) is 1.47. The molecule has 1 aromatic carbocycles. The third-order valence-corrected chi connectivity index (χ3v) is 2.19. The number of benzene rings is 1. The predicted molar refractivity (Wildman–Crippen MR) is 57.1 cm³/mol. The third-order valence-electron chi connectivity index (χ3n) is 2.19. The quantitative estimate of drug-likeness (QED) is 0.751. The van der Waals surface area contributed by atoms with Crippen LogP contribution in [0.5, 0.6) is 5.75 Å². The lowest BCUT2D eigenvalue weighted by Crippen LogP contribution is -2.33. The molecule has 0 radical (unpaired) electrons. The van der Waals surface area contributed by atoms with Crippen LogP contribution in [0.1, 0.15) is 5.56 Å². The Kier molecular flexibility index (Phi) is 2.14. The molecule has 0 amide bonds. The molecule has 0 saturated heterocycles. The van der Waals surface area contributed by atoms with Crippen molar-refractivity contribution in [1.29, 1.82) is 10.7 Å². The number of fused-ring (bicyclic) bond motifs is 1. The van der Waals surface area contributed by atoms with Crippen LogP contribution in [0, 0.1) is 16.7 Å². The molecule has 1 heterocycles. The molecule has 1 aliphatic rings. The van der Waals surface area contributed by atoms with Crippen LogP contribution in [-0.4, -0.2) is 12.4 Å². The van der Waals surface area contributed by atoms with Crippen LogP contribution in [0.25, 0.3) is 0 Å². The van der Waals surface area contributed by atoms with Gasteiger partial charge in [0.1, 0.15) is 18.2 Å². The predicted octanol–water partition coefficient (Wildman–Crippen LogP) is 1.88. The van der Waals surface area contributed by atoms with Gasteiger partial charge in [-0.25, -0.2) is 0 Å². The number of amidine groups is 1. The monoisotopic (exact) mass is 199 g/mol. The summed E-state index contributed by atoms with van der Waals surface area (Å²) >= 11 is 0. The molecule has 0 atom stereocenters. The zero-order chi connectivity index (χ0) is 10.8. The van der Waals surface area contributed by atoms with Crippen molar-refractivity contribution in [3.63, 3.8) is 0 Å². The summed E-state index contributed by atoms with van der Waals surface area (Å²) in [6.45, 7) is 3.86. The third kappa shape index (κ3) is 1.44. The molecule has 74 valence electrons. The van der Waals surface area contributed by atoms with Crippen LogP contribution < -0.4 is 9.64 Å². The lowest BCUT2D eigenvalue weighted by molar-refractivity contribution is 0.367. The van der Waals surface area contributed by atoms with E-state index in [2.05, 4.69) is 6.58 Å². The number of anilines is 1. The largest absolute Gasteiger partial charge is 0.483 e. The maximum Gasteiger partial charge on any atom is 0.146 e. The van der Waals surface area contributed by atoms with Gasteiger partial charge in [0.2, 0.25) is 0 Å². The lowest BCUT2D eigenvalue weighted by Gasteiger charge is -2.28. The number of ether oxygens (including phenoxy) is 1. The van der Waals surface area contributed by atoms with Gasteiger partial charge in [0, 0.05) is 6.20 Å². The highest BCUT2D eigenvalue weighted by Gasteiger charge is 2.20. The fourth-order valence-corrected chi connectivity index (χ4v) is 1.47. The molecule has 0 aromatic heterocycles. The molecular weight excluding hydrogens is 190 g/mol. The molecule has 0 aliphatic carbocycles. The normalized spacial score (nSPS) is 13.8. The molecule has 0 fully saturated rings. The zero-order valence-electron chi connectivity index (χ0n) is 8.03. The Morgan fingerprint density at radius 1 is 1.60 bits per heavy atom. The van der Waals surface area contributed by atoms with E-state index in [9.17, 15) is 0 Å².